The van der Waals surface area contributed by atoms with Crippen LogP contribution in [0.3, 0.4) is 0 Å². The molecule has 1 amide bonds. The Bertz CT molecular complexity index is 1420. The number of carbonyl (C=O) groups is 1. The summed E-state index contributed by atoms with van der Waals surface area (Å²) in [4.78, 5) is 22.1. The van der Waals surface area contributed by atoms with Crippen molar-refractivity contribution in [1.82, 2.24) is 29.3 Å². The largest absolute Gasteiger partial charge is 0.307 e. The van der Waals surface area contributed by atoms with Crippen molar-refractivity contribution in [3.8, 4) is 17.2 Å². The van der Waals surface area contributed by atoms with E-state index in [9.17, 15) is 9.18 Å². The standard InChI is InChI=1S/C25H24FN7O/c1-14-10-18(26)17(11-21(14)32-12-20(27-13-32)16-7-8-16)25(34)29-22-5-3-4-19(28-22)24-31-30-23-9-6-15(2)33(23)24/h3-5,10-13,15-16H,6-9H2,1-2H3,(H,28,29,34)/t15-/m1/s1. The van der Waals surface area contributed by atoms with Gasteiger partial charge in [0.2, 0.25) is 0 Å². The number of nitrogens with one attached hydrogen (secondary N) is 1. The van der Waals surface area contributed by atoms with Gasteiger partial charge in [-0.15, -0.1) is 10.2 Å². The molecule has 0 unspecified atom stereocenters. The molecule has 6 rings (SSSR count). The Labute approximate surface area is 195 Å². The zero-order valence-electron chi connectivity index (χ0n) is 19.0. The molecule has 4 aromatic rings. The number of fused-ring (bicyclic) bond motifs is 1. The first-order valence-corrected chi connectivity index (χ1v) is 11.5. The summed E-state index contributed by atoms with van der Waals surface area (Å²) >= 11 is 0. The summed E-state index contributed by atoms with van der Waals surface area (Å²) in [6.07, 6.45) is 7.88. The van der Waals surface area contributed by atoms with E-state index < -0.39 is 11.7 Å². The molecule has 0 radical (unpaired) electrons. The fourth-order valence-corrected chi connectivity index (χ4v) is 4.58. The highest BCUT2D eigenvalue weighted by atomic mass is 19.1. The summed E-state index contributed by atoms with van der Waals surface area (Å²) in [5.74, 6) is 1.31. The predicted octanol–water partition coefficient (Wildman–Crippen LogP) is 4.61. The van der Waals surface area contributed by atoms with Crippen LogP contribution in [0.25, 0.3) is 17.2 Å². The third kappa shape index (κ3) is 3.57. The van der Waals surface area contributed by atoms with E-state index in [0.717, 1.165) is 48.5 Å². The Balaban J connectivity index is 1.28. The van der Waals surface area contributed by atoms with Crippen molar-refractivity contribution in [3.63, 3.8) is 0 Å². The van der Waals surface area contributed by atoms with Gasteiger partial charge in [-0.25, -0.2) is 14.4 Å². The Kier molecular flexibility index (Phi) is 4.79. The van der Waals surface area contributed by atoms with Gasteiger partial charge in [-0.1, -0.05) is 6.07 Å². The Morgan fingerprint density at radius 1 is 1.18 bits per heavy atom. The number of anilines is 1. The highest BCUT2D eigenvalue weighted by molar-refractivity contribution is 6.04. The molecule has 8 nitrogen and oxygen atoms in total. The molecular formula is C25H24FN7O. The molecule has 1 fully saturated rings. The minimum Gasteiger partial charge on any atom is -0.307 e. The normalized spacial score (nSPS) is 17.1. The highest BCUT2D eigenvalue weighted by Crippen LogP contribution is 2.39. The number of rotatable bonds is 5. The third-order valence-corrected chi connectivity index (χ3v) is 6.62. The minimum absolute atomic E-state index is 0.0496. The van der Waals surface area contributed by atoms with Crippen molar-refractivity contribution in [3.05, 3.63) is 71.3 Å². The number of carbonyl (C=O) groups excluding carboxylic acids is 1. The number of aromatic nitrogens is 6. The van der Waals surface area contributed by atoms with Crippen LogP contribution in [0, 0.1) is 12.7 Å². The lowest BCUT2D eigenvalue weighted by Gasteiger charge is -2.12. The highest BCUT2D eigenvalue weighted by Gasteiger charge is 2.27. The number of aryl methyl sites for hydroxylation is 2. The molecule has 2 aliphatic rings. The molecule has 1 aromatic carbocycles. The maximum Gasteiger partial charge on any atom is 0.259 e. The number of imidazole rings is 1. The molecule has 1 aliphatic heterocycles. The minimum atomic E-state index is -0.582. The maximum atomic E-state index is 14.8. The van der Waals surface area contributed by atoms with Gasteiger partial charge in [0.25, 0.3) is 5.91 Å². The van der Waals surface area contributed by atoms with E-state index in [-0.39, 0.29) is 5.56 Å². The van der Waals surface area contributed by atoms with Gasteiger partial charge in [0, 0.05) is 24.6 Å². The fourth-order valence-electron chi connectivity index (χ4n) is 4.58. The summed E-state index contributed by atoms with van der Waals surface area (Å²) in [6.45, 7) is 3.94. The van der Waals surface area contributed by atoms with E-state index in [1.54, 1.807) is 24.5 Å². The molecule has 1 atom stereocenters. The number of halogens is 1. The second kappa shape index (κ2) is 7.86. The zero-order chi connectivity index (χ0) is 23.4. The maximum absolute atomic E-state index is 14.8. The summed E-state index contributed by atoms with van der Waals surface area (Å²) in [5, 5.41) is 11.3. The monoisotopic (exact) mass is 457 g/mol. The van der Waals surface area contributed by atoms with Gasteiger partial charge < -0.3 is 14.5 Å². The number of nitrogens with zero attached hydrogens (tertiary/aromatic N) is 6. The Morgan fingerprint density at radius 2 is 2.03 bits per heavy atom. The molecule has 1 N–H and O–H groups in total. The van der Waals surface area contributed by atoms with E-state index in [1.807, 2.05) is 23.8 Å². The smallest absolute Gasteiger partial charge is 0.259 e. The van der Waals surface area contributed by atoms with E-state index in [4.69, 9.17) is 0 Å². The summed E-state index contributed by atoms with van der Waals surface area (Å²) in [7, 11) is 0. The van der Waals surface area contributed by atoms with Crippen molar-refractivity contribution in [1.29, 1.82) is 0 Å². The second-order valence-corrected chi connectivity index (χ2v) is 9.16. The molecular weight excluding hydrogens is 433 g/mol. The van der Waals surface area contributed by atoms with Crippen LogP contribution in [0.4, 0.5) is 10.2 Å². The lowest BCUT2D eigenvalue weighted by molar-refractivity contribution is 0.102. The van der Waals surface area contributed by atoms with Crippen LogP contribution in [0.15, 0.2) is 42.9 Å². The lowest BCUT2D eigenvalue weighted by Crippen LogP contribution is -2.16. The van der Waals surface area contributed by atoms with Gasteiger partial charge in [0.05, 0.1) is 23.3 Å². The van der Waals surface area contributed by atoms with Crippen molar-refractivity contribution < 1.29 is 9.18 Å². The lowest BCUT2D eigenvalue weighted by atomic mass is 10.1. The summed E-state index contributed by atoms with van der Waals surface area (Å²) in [6, 6.07) is 8.54. The van der Waals surface area contributed by atoms with Crippen LogP contribution in [-0.4, -0.2) is 35.2 Å². The molecule has 3 aromatic heterocycles. The quantitative estimate of drug-likeness (QED) is 0.473. The zero-order valence-corrected chi connectivity index (χ0v) is 19.0. The number of benzene rings is 1. The summed E-state index contributed by atoms with van der Waals surface area (Å²) in [5.41, 5.74) is 3.04. The van der Waals surface area contributed by atoms with Crippen LogP contribution in [0.1, 0.15) is 65.6 Å². The van der Waals surface area contributed by atoms with E-state index >= 15 is 0 Å². The first-order valence-electron chi connectivity index (χ1n) is 11.5. The van der Waals surface area contributed by atoms with Gasteiger partial charge in [-0.05, 0) is 62.9 Å². The van der Waals surface area contributed by atoms with Gasteiger partial charge in [0.1, 0.15) is 23.2 Å². The topological polar surface area (TPSA) is 90.5 Å². The van der Waals surface area contributed by atoms with Gasteiger partial charge >= 0.3 is 0 Å². The molecule has 9 heteroatoms. The molecule has 4 heterocycles. The van der Waals surface area contributed by atoms with Crippen LogP contribution >= 0.6 is 0 Å². The third-order valence-electron chi connectivity index (χ3n) is 6.62. The first kappa shape index (κ1) is 20.7. The number of hydrogen-bond acceptors (Lipinski definition) is 5. The average molecular weight is 458 g/mol. The predicted molar refractivity (Wildman–Crippen MR) is 124 cm³/mol. The number of pyridine rings is 1. The van der Waals surface area contributed by atoms with Crippen LogP contribution in [-0.2, 0) is 6.42 Å². The molecule has 34 heavy (non-hydrogen) atoms. The molecule has 0 saturated heterocycles. The number of amides is 1. The van der Waals surface area contributed by atoms with Crippen molar-refractivity contribution in [2.45, 2.75) is 51.5 Å². The van der Waals surface area contributed by atoms with Crippen LogP contribution < -0.4 is 5.32 Å². The van der Waals surface area contributed by atoms with Gasteiger partial charge in [-0.2, -0.15) is 0 Å². The molecule has 172 valence electrons. The van der Waals surface area contributed by atoms with E-state index in [1.165, 1.54) is 6.07 Å². The molecule has 0 bridgehead atoms. The molecule has 1 saturated carbocycles. The molecule has 1 aliphatic carbocycles. The number of hydrogen-bond donors (Lipinski definition) is 1. The second-order valence-electron chi connectivity index (χ2n) is 9.16. The molecule has 0 spiro atoms. The van der Waals surface area contributed by atoms with Gasteiger partial charge in [0.15, 0.2) is 5.82 Å². The van der Waals surface area contributed by atoms with Crippen molar-refractivity contribution >= 4 is 11.7 Å². The Morgan fingerprint density at radius 3 is 2.85 bits per heavy atom. The Hall–Kier alpha value is -3.88. The van der Waals surface area contributed by atoms with Crippen molar-refractivity contribution in [2.75, 3.05) is 5.32 Å². The fraction of sp³-hybridized carbons (Fsp3) is 0.320. The van der Waals surface area contributed by atoms with Gasteiger partial charge in [-0.3, -0.25) is 4.79 Å². The van der Waals surface area contributed by atoms with Crippen molar-refractivity contribution in [2.24, 2.45) is 0 Å². The van der Waals surface area contributed by atoms with E-state index in [2.05, 4.69) is 37.0 Å². The van der Waals surface area contributed by atoms with Crippen LogP contribution in [0.5, 0.6) is 0 Å². The van der Waals surface area contributed by atoms with E-state index in [0.29, 0.717) is 29.3 Å². The van der Waals surface area contributed by atoms with Crippen LogP contribution in [0.2, 0.25) is 0 Å². The average Bonchev–Trinajstić information content (AvgIpc) is 3.23. The SMILES string of the molecule is Cc1cc(F)c(C(=O)Nc2cccc(-c3nnc4n3[C@H](C)CC4)n2)cc1-n1cnc(C2CC2)c1. The first-order chi connectivity index (χ1) is 16.5. The summed E-state index contributed by atoms with van der Waals surface area (Å²) < 4.78 is 18.7.